The summed E-state index contributed by atoms with van der Waals surface area (Å²) in [5, 5.41) is 5.78. The van der Waals surface area contributed by atoms with Crippen LogP contribution in [0.15, 0.2) is 60.7 Å². The molecule has 2 aliphatic rings. The fourth-order valence-corrected chi connectivity index (χ4v) is 3.89. The zero-order valence-electron chi connectivity index (χ0n) is 17.7. The van der Waals surface area contributed by atoms with Crippen LogP contribution in [0.3, 0.4) is 0 Å². The van der Waals surface area contributed by atoms with Gasteiger partial charge in [0.2, 0.25) is 18.6 Å². The van der Waals surface area contributed by atoms with Crippen LogP contribution in [-0.4, -0.2) is 23.6 Å². The van der Waals surface area contributed by atoms with Gasteiger partial charge in [-0.1, -0.05) is 36.4 Å². The summed E-state index contributed by atoms with van der Waals surface area (Å²) in [6, 6.07) is 19.1. The van der Waals surface area contributed by atoms with E-state index in [1.807, 2.05) is 54.6 Å². The molecule has 0 unspecified atom stereocenters. The molecular weight excluding hydrogens is 406 g/mol. The van der Waals surface area contributed by atoms with Crippen molar-refractivity contribution in [2.75, 3.05) is 12.1 Å². The number of carbonyl (C=O) groups excluding carboxylic acids is 2. The van der Waals surface area contributed by atoms with E-state index in [2.05, 4.69) is 15.6 Å². The smallest absolute Gasteiger partial charge is 0.236 e. The van der Waals surface area contributed by atoms with Crippen molar-refractivity contribution in [2.24, 2.45) is 0 Å². The number of fused-ring (bicyclic) bond motifs is 1. The van der Waals surface area contributed by atoms with Gasteiger partial charge in [0.15, 0.2) is 11.5 Å². The Morgan fingerprint density at radius 3 is 2.56 bits per heavy atom. The molecule has 3 aromatic rings. The molecule has 2 aromatic carbocycles. The molecule has 1 saturated carbocycles. The number of anilines is 1. The second-order valence-corrected chi connectivity index (χ2v) is 8.12. The number of rotatable bonds is 6. The highest BCUT2D eigenvalue weighted by atomic mass is 16.7. The number of nitrogens with one attached hydrogen (secondary N) is 2. The van der Waals surface area contributed by atoms with Crippen molar-refractivity contribution in [3.8, 4) is 22.8 Å². The summed E-state index contributed by atoms with van der Waals surface area (Å²) < 4.78 is 10.9. The molecule has 1 aromatic heterocycles. The van der Waals surface area contributed by atoms with E-state index in [0.717, 1.165) is 35.2 Å². The van der Waals surface area contributed by atoms with Gasteiger partial charge in [-0.25, -0.2) is 4.98 Å². The molecule has 0 spiro atoms. The van der Waals surface area contributed by atoms with E-state index in [1.165, 1.54) is 6.92 Å². The quantitative estimate of drug-likeness (QED) is 0.615. The minimum Gasteiger partial charge on any atom is -0.454 e. The highest BCUT2D eigenvalue weighted by Crippen LogP contribution is 2.51. The Bertz CT molecular complexity index is 1190. The van der Waals surface area contributed by atoms with Crippen LogP contribution >= 0.6 is 0 Å². The highest BCUT2D eigenvalue weighted by Gasteiger charge is 2.51. The molecule has 2 amide bonds. The Hall–Kier alpha value is -3.87. The van der Waals surface area contributed by atoms with Crippen molar-refractivity contribution in [2.45, 2.75) is 31.7 Å². The van der Waals surface area contributed by atoms with Crippen LogP contribution in [0.25, 0.3) is 11.3 Å². The number of amides is 2. The zero-order valence-corrected chi connectivity index (χ0v) is 17.7. The van der Waals surface area contributed by atoms with Gasteiger partial charge in [0.25, 0.3) is 0 Å². The van der Waals surface area contributed by atoms with Gasteiger partial charge in [-0.15, -0.1) is 0 Å². The maximum Gasteiger partial charge on any atom is 0.236 e. The average Bonchev–Trinajstić information content (AvgIpc) is 3.49. The number of nitrogens with zero attached hydrogens (tertiary/aromatic N) is 1. The molecule has 1 aliphatic heterocycles. The molecule has 0 saturated heterocycles. The van der Waals surface area contributed by atoms with Crippen molar-refractivity contribution in [3.05, 3.63) is 71.8 Å². The number of carbonyl (C=O) groups is 2. The van der Waals surface area contributed by atoms with Crippen molar-refractivity contribution < 1.29 is 20.5 Å². The van der Waals surface area contributed by atoms with Gasteiger partial charge in [0, 0.05) is 20.5 Å². The molecule has 0 bridgehead atoms. The third-order valence-corrected chi connectivity index (χ3v) is 5.89. The Morgan fingerprint density at radius 2 is 1.81 bits per heavy atom. The third-order valence-electron chi connectivity index (χ3n) is 5.89. The maximum absolute atomic E-state index is 13.2. The van der Waals surface area contributed by atoms with Crippen molar-refractivity contribution in [1.29, 1.82) is 0 Å². The minimum atomic E-state index is -0.552. The van der Waals surface area contributed by atoms with Crippen molar-refractivity contribution in [3.63, 3.8) is 0 Å². The van der Waals surface area contributed by atoms with Gasteiger partial charge in [0.05, 0.1) is 11.1 Å². The summed E-state index contributed by atoms with van der Waals surface area (Å²) in [7, 11) is 0. The summed E-state index contributed by atoms with van der Waals surface area (Å²) in [6.07, 6.45) is 1.57. The molecule has 2 N–H and O–H groups in total. The van der Waals surface area contributed by atoms with Gasteiger partial charge in [-0.3, -0.25) is 9.59 Å². The first-order valence-electron chi connectivity index (χ1n) is 10.6. The molecule has 32 heavy (non-hydrogen) atoms. The predicted octanol–water partition coefficient (Wildman–Crippen LogP) is 4.03. The number of hydrogen-bond donors (Lipinski definition) is 2. The van der Waals surface area contributed by atoms with Crippen LogP contribution in [-0.2, 0) is 21.5 Å². The summed E-state index contributed by atoms with van der Waals surface area (Å²) in [5.41, 5.74) is 3.09. The van der Waals surface area contributed by atoms with Gasteiger partial charge >= 0.3 is 0 Å². The lowest BCUT2D eigenvalue weighted by molar-refractivity contribution is -0.119. The SMILES string of the molecule is CC(=O)NCc1ccc(-c2cccc(NC(=O)C3(c4ccc5c(c4)OCO5)CC3)n2)cc1.[HH]. The molecule has 5 rings (SSSR count). The van der Waals surface area contributed by atoms with E-state index in [-0.39, 0.29) is 20.0 Å². The first kappa shape index (κ1) is 20.1. The molecule has 1 fully saturated rings. The monoisotopic (exact) mass is 431 g/mol. The summed E-state index contributed by atoms with van der Waals surface area (Å²) in [6.45, 7) is 2.19. The fourth-order valence-electron chi connectivity index (χ4n) is 3.89. The molecule has 0 atom stereocenters. The molecular formula is C25H25N3O4. The van der Waals surface area contributed by atoms with Gasteiger partial charge < -0.3 is 20.1 Å². The summed E-state index contributed by atoms with van der Waals surface area (Å²) >= 11 is 0. The van der Waals surface area contributed by atoms with E-state index in [0.29, 0.717) is 23.9 Å². The lowest BCUT2D eigenvalue weighted by atomic mass is 9.94. The minimum absolute atomic E-state index is 0. The lowest BCUT2D eigenvalue weighted by Crippen LogP contribution is -2.28. The van der Waals surface area contributed by atoms with Crippen molar-refractivity contribution in [1.82, 2.24) is 10.3 Å². The lowest BCUT2D eigenvalue weighted by Gasteiger charge is -2.16. The Labute approximate surface area is 187 Å². The Morgan fingerprint density at radius 1 is 1.03 bits per heavy atom. The van der Waals surface area contributed by atoms with E-state index in [4.69, 9.17) is 9.47 Å². The van der Waals surface area contributed by atoms with E-state index >= 15 is 0 Å². The second-order valence-electron chi connectivity index (χ2n) is 8.12. The van der Waals surface area contributed by atoms with Crippen molar-refractivity contribution >= 4 is 17.6 Å². The molecule has 164 valence electrons. The second kappa shape index (κ2) is 8.00. The summed E-state index contributed by atoms with van der Waals surface area (Å²) in [5.74, 6) is 1.79. The van der Waals surface area contributed by atoms with E-state index in [1.54, 1.807) is 6.07 Å². The van der Waals surface area contributed by atoms with E-state index in [9.17, 15) is 9.59 Å². The highest BCUT2D eigenvalue weighted by molar-refractivity contribution is 6.01. The van der Waals surface area contributed by atoms with Crippen LogP contribution in [0, 0.1) is 0 Å². The average molecular weight is 431 g/mol. The van der Waals surface area contributed by atoms with Gasteiger partial charge in [0.1, 0.15) is 5.82 Å². The number of hydrogen-bond acceptors (Lipinski definition) is 5. The third kappa shape index (κ3) is 3.89. The molecule has 0 radical (unpaired) electrons. The molecule has 7 nitrogen and oxygen atoms in total. The van der Waals surface area contributed by atoms with Crippen LogP contribution in [0.4, 0.5) is 5.82 Å². The van der Waals surface area contributed by atoms with Gasteiger partial charge in [-0.2, -0.15) is 0 Å². The van der Waals surface area contributed by atoms with Crippen LogP contribution < -0.4 is 20.1 Å². The van der Waals surface area contributed by atoms with Crippen LogP contribution in [0.2, 0.25) is 0 Å². The maximum atomic E-state index is 13.2. The Kier molecular flexibility index (Phi) is 5.01. The standard InChI is InChI=1S/C25H23N3O4.H2/c1-16(29)26-14-17-5-7-18(8-6-17)20-3-2-4-23(27-20)28-24(30)25(11-12-25)19-9-10-21-22(13-19)32-15-31-21;/h2-10,13H,11-12,14-15H2,1H3,(H,26,29)(H,27,28,30);1H. The first-order valence-corrected chi connectivity index (χ1v) is 10.6. The van der Waals surface area contributed by atoms with Gasteiger partial charge in [-0.05, 0) is 48.2 Å². The number of aromatic nitrogens is 1. The van der Waals surface area contributed by atoms with Crippen LogP contribution in [0.1, 0.15) is 32.3 Å². The largest absolute Gasteiger partial charge is 0.454 e. The first-order chi connectivity index (χ1) is 15.5. The normalized spacial score (nSPS) is 15.2. The Balaban J connectivity index is 0.00000259. The van der Waals surface area contributed by atoms with Crippen LogP contribution in [0.5, 0.6) is 11.5 Å². The number of pyridine rings is 1. The number of ether oxygens (including phenoxy) is 2. The molecule has 7 heteroatoms. The fraction of sp³-hybridized carbons (Fsp3) is 0.240. The molecule has 1 aliphatic carbocycles. The predicted molar refractivity (Wildman–Crippen MR) is 121 cm³/mol. The topological polar surface area (TPSA) is 89.6 Å². The summed E-state index contributed by atoms with van der Waals surface area (Å²) in [4.78, 5) is 28.9. The van der Waals surface area contributed by atoms with E-state index < -0.39 is 5.41 Å². The molecule has 2 heterocycles. The zero-order chi connectivity index (χ0) is 22.1. The number of benzene rings is 2.